The Bertz CT molecular complexity index is 772. The minimum Gasteiger partial charge on any atom is -0.351 e. The summed E-state index contributed by atoms with van der Waals surface area (Å²) in [7, 11) is 0. The molecule has 0 bridgehead atoms. The summed E-state index contributed by atoms with van der Waals surface area (Å²) in [6.45, 7) is 5.02. The molecule has 1 aliphatic rings. The summed E-state index contributed by atoms with van der Waals surface area (Å²) in [5.41, 5.74) is 1.72. The summed E-state index contributed by atoms with van der Waals surface area (Å²) < 4.78 is 0. The zero-order chi connectivity index (χ0) is 19.2. The second-order valence-corrected chi connectivity index (χ2v) is 7.15. The fourth-order valence-electron chi connectivity index (χ4n) is 3.19. The first-order valence-corrected chi connectivity index (χ1v) is 9.53. The Morgan fingerprint density at radius 3 is 2.26 bits per heavy atom. The van der Waals surface area contributed by atoms with E-state index in [4.69, 9.17) is 11.6 Å². The average molecular weight is 386 g/mol. The molecule has 5 nitrogen and oxygen atoms in total. The van der Waals surface area contributed by atoms with Gasteiger partial charge in [0.15, 0.2) is 0 Å². The molecule has 1 atom stereocenters. The van der Waals surface area contributed by atoms with Gasteiger partial charge in [-0.3, -0.25) is 14.5 Å². The molecular formula is C21H24ClN3O2. The van der Waals surface area contributed by atoms with Crippen molar-refractivity contribution in [2.24, 2.45) is 0 Å². The number of nitrogens with zero attached hydrogens (tertiary/aromatic N) is 2. The number of hydrogen-bond donors (Lipinski definition) is 1. The Morgan fingerprint density at radius 2 is 1.63 bits per heavy atom. The van der Waals surface area contributed by atoms with Gasteiger partial charge in [-0.15, -0.1) is 0 Å². The van der Waals surface area contributed by atoms with Crippen LogP contribution in [0, 0.1) is 0 Å². The van der Waals surface area contributed by atoms with E-state index in [0.29, 0.717) is 43.3 Å². The van der Waals surface area contributed by atoms with Crippen LogP contribution >= 0.6 is 11.6 Å². The van der Waals surface area contributed by atoms with E-state index in [0.717, 1.165) is 5.56 Å². The van der Waals surface area contributed by atoms with Crippen molar-refractivity contribution in [1.82, 2.24) is 15.1 Å². The maximum Gasteiger partial charge on any atom is 0.253 e. The molecular weight excluding hydrogens is 362 g/mol. The van der Waals surface area contributed by atoms with Crippen LogP contribution in [-0.4, -0.2) is 53.8 Å². The van der Waals surface area contributed by atoms with Gasteiger partial charge in [0.25, 0.3) is 5.91 Å². The lowest BCUT2D eigenvalue weighted by molar-refractivity contribution is -0.126. The van der Waals surface area contributed by atoms with Crippen LogP contribution in [0.1, 0.15) is 22.8 Å². The smallest absolute Gasteiger partial charge is 0.253 e. The third-order valence-electron chi connectivity index (χ3n) is 4.93. The summed E-state index contributed by atoms with van der Waals surface area (Å²) >= 11 is 5.88. The third-order valence-corrected chi connectivity index (χ3v) is 5.18. The number of piperazine rings is 1. The fourth-order valence-corrected chi connectivity index (χ4v) is 3.31. The molecule has 2 aromatic carbocycles. The van der Waals surface area contributed by atoms with E-state index >= 15 is 0 Å². The van der Waals surface area contributed by atoms with Gasteiger partial charge in [-0.2, -0.15) is 0 Å². The predicted molar refractivity (Wildman–Crippen MR) is 107 cm³/mol. The molecule has 27 heavy (non-hydrogen) atoms. The highest BCUT2D eigenvalue weighted by atomic mass is 35.5. The Hall–Kier alpha value is -2.37. The Balaban J connectivity index is 1.48. The van der Waals surface area contributed by atoms with Gasteiger partial charge >= 0.3 is 0 Å². The van der Waals surface area contributed by atoms with Crippen molar-refractivity contribution in [2.75, 3.05) is 26.2 Å². The third kappa shape index (κ3) is 5.08. The summed E-state index contributed by atoms with van der Waals surface area (Å²) in [4.78, 5) is 28.9. The Kier molecular flexibility index (Phi) is 6.48. The molecule has 1 saturated heterocycles. The van der Waals surface area contributed by atoms with Crippen LogP contribution in [0.25, 0.3) is 0 Å². The van der Waals surface area contributed by atoms with Crippen LogP contribution in [0.3, 0.4) is 0 Å². The summed E-state index contributed by atoms with van der Waals surface area (Å²) in [6, 6.07) is 16.6. The van der Waals surface area contributed by atoms with E-state index in [1.807, 2.05) is 42.2 Å². The molecule has 0 radical (unpaired) electrons. The van der Waals surface area contributed by atoms with Crippen molar-refractivity contribution in [3.05, 3.63) is 70.7 Å². The van der Waals surface area contributed by atoms with E-state index in [1.165, 1.54) is 0 Å². The molecule has 6 heteroatoms. The van der Waals surface area contributed by atoms with E-state index in [1.54, 1.807) is 24.3 Å². The van der Waals surface area contributed by atoms with Gasteiger partial charge in [-0.1, -0.05) is 41.9 Å². The van der Waals surface area contributed by atoms with Gasteiger partial charge in [0, 0.05) is 43.3 Å². The summed E-state index contributed by atoms with van der Waals surface area (Å²) in [5, 5.41) is 3.60. The van der Waals surface area contributed by atoms with Crippen LogP contribution in [0.4, 0.5) is 0 Å². The van der Waals surface area contributed by atoms with Crippen LogP contribution < -0.4 is 5.32 Å². The van der Waals surface area contributed by atoms with E-state index in [2.05, 4.69) is 10.2 Å². The van der Waals surface area contributed by atoms with Gasteiger partial charge in [-0.25, -0.2) is 0 Å². The SMILES string of the molecule is CC(C(=O)NCc1ccccc1)N1CCN(C(=O)c2ccc(Cl)cc2)CC1. The Labute approximate surface area is 164 Å². The minimum atomic E-state index is -0.221. The molecule has 3 rings (SSSR count). The highest BCUT2D eigenvalue weighted by Gasteiger charge is 2.27. The number of benzene rings is 2. The normalized spacial score (nSPS) is 16.0. The van der Waals surface area contributed by atoms with Gasteiger partial charge < -0.3 is 10.2 Å². The van der Waals surface area contributed by atoms with Gasteiger partial charge in [0.1, 0.15) is 0 Å². The first kappa shape index (κ1) is 19.4. The molecule has 1 heterocycles. The summed E-state index contributed by atoms with van der Waals surface area (Å²) in [5.74, 6) is 0.0174. The number of carbonyl (C=O) groups is 2. The lowest BCUT2D eigenvalue weighted by atomic mass is 10.1. The maximum absolute atomic E-state index is 12.6. The fraction of sp³-hybridized carbons (Fsp3) is 0.333. The van der Waals surface area contributed by atoms with Crippen molar-refractivity contribution < 1.29 is 9.59 Å². The van der Waals surface area contributed by atoms with Crippen LogP contribution in [0.5, 0.6) is 0 Å². The molecule has 1 aliphatic heterocycles. The minimum absolute atomic E-state index is 0.00694. The van der Waals surface area contributed by atoms with Crippen LogP contribution in [0.15, 0.2) is 54.6 Å². The Morgan fingerprint density at radius 1 is 1.00 bits per heavy atom. The highest BCUT2D eigenvalue weighted by Crippen LogP contribution is 2.14. The zero-order valence-corrected chi connectivity index (χ0v) is 16.2. The van der Waals surface area contributed by atoms with E-state index < -0.39 is 0 Å². The first-order chi connectivity index (χ1) is 13.0. The zero-order valence-electron chi connectivity index (χ0n) is 15.4. The lowest BCUT2D eigenvalue weighted by Gasteiger charge is -2.37. The van der Waals surface area contributed by atoms with Crippen molar-refractivity contribution in [3.8, 4) is 0 Å². The quantitative estimate of drug-likeness (QED) is 0.861. The average Bonchev–Trinajstić information content (AvgIpc) is 2.72. The number of nitrogens with one attached hydrogen (secondary N) is 1. The van der Waals surface area contributed by atoms with Crippen molar-refractivity contribution in [1.29, 1.82) is 0 Å². The lowest BCUT2D eigenvalue weighted by Crippen LogP contribution is -2.54. The van der Waals surface area contributed by atoms with Crippen LogP contribution in [0.2, 0.25) is 5.02 Å². The largest absolute Gasteiger partial charge is 0.351 e. The van der Waals surface area contributed by atoms with E-state index in [-0.39, 0.29) is 17.9 Å². The number of carbonyl (C=O) groups excluding carboxylic acids is 2. The number of rotatable bonds is 5. The van der Waals surface area contributed by atoms with Gasteiger partial charge in [0.05, 0.1) is 6.04 Å². The topological polar surface area (TPSA) is 52.7 Å². The maximum atomic E-state index is 12.6. The molecule has 0 saturated carbocycles. The molecule has 2 amide bonds. The number of amides is 2. The molecule has 0 aromatic heterocycles. The van der Waals surface area contributed by atoms with Crippen LogP contribution in [-0.2, 0) is 11.3 Å². The van der Waals surface area contributed by atoms with Crippen molar-refractivity contribution in [2.45, 2.75) is 19.5 Å². The van der Waals surface area contributed by atoms with Crippen molar-refractivity contribution in [3.63, 3.8) is 0 Å². The van der Waals surface area contributed by atoms with Gasteiger partial charge in [-0.05, 0) is 36.8 Å². The standard InChI is InChI=1S/C21H24ClN3O2/c1-16(20(26)23-15-17-5-3-2-4-6-17)24-11-13-25(14-12-24)21(27)18-7-9-19(22)10-8-18/h2-10,16H,11-15H2,1H3,(H,23,26). The number of hydrogen-bond acceptors (Lipinski definition) is 3. The first-order valence-electron chi connectivity index (χ1n) is 9.15. The molecule has 1 N–H and O–H groups in total. The molecule has 1 fully saturated rings. The molecule has 0 aliphatic carbocycles. The highest BCUT2D eigenvalue weighted by molar-refractivity contribution is 6.30. The van der Waals surface area contributed by atoms with Crippen molar-refractivity contribution >= 4 is 23.4 Å². The second-order valence-electron chi connectivity index (χ2n) is 6.71. The summed E-state index contributed by atoms with van der Waals surface area (Å²) in [6.07, 6.45) is 0. The van der Waals surface area contributed by atoms with Gasteiger partial charge in [0.2, 0.25) is 5.91 Å². The molecule has 1 unspecified atom stereocenters. The molecule has 2 aromatic rings. The molecule has 142 valence electrons. The van der Waals surface area contributed by atoms with E-state index in [9.17, 15) is 9.59 Å². The second kappa shape index (κ2) is 9.02. The number of halogens is 1. The monoisotopic (exact) mass is 385 g/mol. The molecule has 0 spiro atoms. The predicted octanol–water partition coefficient (Wildman–Crippen LogP) is 2.80.